The molecular weight excluding hydrogens is 274 g/mol. The Kier molecular flexibility index (Phi) is 3.77. The van der Waals surface area contributed by atoms with Gasteiger partial charge in [-0.15, -0.1) is 0 Å². The third-order valence-corrected chi connectivity index (χ3v) is 4.23. The lowest BCUT2D eigenvalue weighted by Crippen LogP contribution is -2.32. The van der Waals surface area contributed by atoms with Gasteiger partial charge < -0.3 is 4.98 Å². The predicted molar refractivity (Wildman–Crippen MR) is 86.6 cm³/mol. The van der Waals surface area contributed by atoms with Crippen LogP contribution in [0.2, 0.25) is 0 Å². The topological polar surface area (TPSA) is 57.7 Å². The van der Waals surface area contributed by atoms with Crippen LogP contribution in [0.1, 0.15) is 55.1 Å². The third-order valence-electron chi connectivity index (χ3n) is 4.23. The fourth-order valence-electron chi connectivity index (χ4n) is 2.78. The summed E-state index contributed by atoms with van der Waals surface area (Å²) in [6.45, 7) is 13.4. The van der Waals surface area contributed by atoms with Gasteiger partial charge in [0.2, 0.25) is 0 Å². The van der Waals surface area contributed by atoms with Crippen LogP contribution < -0.4 is 0 Å². The fourth-order valence-corrected chi connectivity index (χ4v) is 2.78. The quantitative estimate of drug-likeness (QED) is 0.926. The molecule has 1 aliphatic heterocycles. The molecule has 0 aliphatic carbocycles. The van der Waals surface area contributed by atoms with E-state index < -0.39 is 0 Å². The van der Waals surface area contributed by atoms with Crippen LogP contribution in [0.15, 0.2) is 6.20 Å². The summed E-state index contributed by atoms with van der Waals surface area (Å²) in [5.41, 5.74) is 4.72. The molecule has 1 aliphatic rings. The van der Waals surface area contributed by atoms with Gasteiger partial charge in [0.15, 0.2) is 0 Å². The van der Waals surface area contributed by atoms with Crippen molar-refractivity contribution in [3.8, 4) is 0 Å². The maximum atomic E-state index is 4.78. The number of imidazole rings is 1. The second-order valence-corrected chi connectivity index (χ2v) is 7.27. The number of nitrogens with one attached hydrogen (secondary N) is 1. The molecule has 0 unspecified atom stereocenters. The van der Waals surface area contributed by atoms with E-state index in [1.165, 1.54) is 11.3 Å². The lowest BCUT2D eigenvalue weighted by molar-refractivity contribution is 0.236. The third kappa shape index (κ3) is 3.04. The summed E-state index contributed by atoms with van der Waals surface area (Å²) in [6, 6.07) is 0. The van der Waals surface area contributed by atoms with Crippen molar-refractivity contribution < 1.29 is 0 Å². The molecule has 0 amide bonds. The maximum absolute atomic E-state index is 4.78. The molecule has 0 saturated heterocycles. The summed E-state index contributed by atoms with van der Waals surface area (Å²) in [5.74, 6) is 1.99. The van der Waals surface area contributed by atoms with Crippen LogP contribution in [0.4, 0.5) is 0 Å². The largest absolute Gasteiger partial charge is 0.345 e. The molecule has 0 spiro atoms. The molecule has 118 valence electrons. The highest BCUT2D eigenvalue weighted by Gasteiger charge is 2.23. The smallest absolute Gasteiger partial charge is 0.133 e. The van der Waals surface area contributed by atoms with E-state index >= 15 is 0 Å². The van der Waals surface area contributed by atoms with Gasteiger partial charge in [0.05, 0.1) is 12.2 Å². The molecule has 3 heterocycles. The van der Waals surface area contributed by atoms with E-state index in [1.807, 2.05) is 13.1 Å². The van der Waals surface area contributed by atoms with Gasteiger partial charge in [-0.25, -0.2) is 15.0 Å². The second kappa shape index (κ2) is 5.47. The number of hydrogen-bond donors (Lipinski definition) is 1. The number of H-pyrrole nitrogens is 1. The zero-order valence-corrected chi connectivity index (χ0v) is 14.2. The van der Waals surface area contributed by atoms with Crippen LogP contribution in [0.3, 0.4) is 0 Å². The number of rotatable bonds is 2. The Hall–Kier alpha value is -1.75. The Labute approximate surface area is 132 Å². The Bertz CT molecular complexity index is 661. The molecule has 0 atom stereocenters. The number of hydrogen-bond acceptors (Lipinski definition) is 4. The molecule has 1 N–H and O–H groups in total. The van der Waals surface area contributed by atoms with Crippen molar-refractivity contribution in [2.24, 2.45) is 0 Å². The van der Waals surface area contributed by atoms with Crippen molar-refractivity contribution in [3.63, 3.8) is 0 Å². The van der Waals surface area contributed by atoms with Crippen molar-refractivity contribution in [1.82, 2.24) is 24.8 Å². The lowest BCUT2D eigenvalue weighted by Gasteiger charge is -2.28. The maximum Gasteiger partial charge on any atom is 0.133 e. The molecule has 0 saturated carbocycles. The predicted octanol–water partition coefficient (Wildman–Crippen LogP) is 2.67. The molecule has 22 heavy (non-hydrogen) atoms. The Morgan fingerprint density at radius 1 is 1.23 bits per heavy atom. The summed E-state index contributed by atoms with van der Waals surface area (Å²) in [7, 11) is 0. The number of nitrogens with zero attached hydrogens (tertiary/aromatic N) is 4. The summed E-state index contributed by atoms with van der Waals surface area (Å²) in [4.78, 5) is 19.7. The molecule has 0 fully saturated rings. The first-order chi connectivity index (χ1) is 10.3. The first-order valence-electron chi connectivity index (χ1n) is 7.92. The molecule has 5 nitrogen and oxygen atoms in total. The van der Waals surface area contributed by atoms with Crippen molar-refractivity contribution in [2.75, 3.05) is 6.54 Å². The van der Waals surface area contributed by atoms with Gasteiger partial charge in [-0.05, 0) is 13.8 Å². The van der Waals surface area contributed by atoms with Crippen molar-refractivity contribution in [1.29, 1.82) is 0 Å². The number of aromatic nitrogens is 4. The van der Waals surface area contributed by atoms with Gasteiger partial charge in [-0.3, -0.25) is 4.90 Å². The highest BCUT2D eigenvalue weighted by atomic mass is 15.2. The Morgan fingerprint density at radius 3 is 2.64 bits per heavy atom. The first-order valence-corrected chi connectivity index (χ1v) is 7.92. The minimum absolute atomic E-state index is 0.00931. The zero-order valence-electron chi connectivity index (χ0n) is 14.2. The number of fused-ring (bicyclic) bond motifs is 1. The summed E-state index contributed by atoms with van der Waals surface area (Å²) in [5, 5.41) is 0. The molecule has 0 radical (unpaired) electrons. The van der Waals surface area contributed by atoms with Crippen LogP contribution >= 0.6 is 0 Å². The standard InChI is InChI=1S/C17H25N5/c1-11-12(2)20-15(19-11)10-22-7-6-14-13(9-22)8-18-16(21-14)17(3,4)5/h8H,6-7,9-10H2,1-5H3,(H,19,20). The molecule has 2 aromatic rings. The Balaban J connectivity index is 1.74. The summed E-state index contributed by atoms with van der Waals surface area (Å²) >= 11 is 0. The van der Waals surface area contributed by atoms with E-state index in [4.69, 9.17) is 4.98 Å². The van der Waals surface area contributed by atoms with E-state index in [0.717, 1.165) is 49.1 Å². The molecule has 3 rings (SSSR count). The number of aromatic amines is 1. The SMILES string of the molecule is Cc1nc(CN2CCc3nc(C(C)(C)C)ncc3C2)[nH]c1C. The lowest BCUT2D eigenvalue weighted by atomic mass is 9.95. The van der Waals surface area contributed by atoms with Crippen molar-refractivity contribution in [3.05, 3.63) is 40.5 Å². The van der Waals surface area contributed by atoms with E-state index in [2.05, 4.69) is 47.5 Å². The van der Waals surface area contributed by atoms with E-state index in [-0.39, 0.29) is 5.41 Å². The molecular formula is C17H25N5. The van der Waals surface area contributed by atoms with Gasteiger partial charge in [0.1, 0.15) is 11.6 Å². The average molecular weight is 299 g/mol. The van der Waals surface area contributed by atoms with E-state index in [1.54, 1.807) is 0 Å². The van der Waals surface area contributed by atoms with Crippen LogP contribution in [0.25, 0.3) is 0 Å². The molecule has 5 heteroatoms. The van der Waals surface area contributed by atoms with Crippen LogP contribution in [0.5, 0.6) is 0 Å². The van der Waals surface area contributed by atoms with Crippen LogP contribution in [-0.2, 0) is 24.9 Å². The summed E-state index contributed by atoms with van der Waals surface area (Å²) < 4.78 is 0. The van der Waals surface area contributed by atoms with Gasteiger partial charge in [-0.1, -0.05) is 20.8 Å². The first kappa shape index (κ1) is 15.2. The molecule has 2 aromatic heterocycles. The molecule has 0 bridgehead atoms. The van der Waals surface area contributed by atoms with Crippen molar-refractivity contribution in [2.45, 2.75) is 59.5 Å². The number of aryl methyl sites for hydroxylation is 2. The van der Waals surface area contributed by atoms with Gasteiger partial charge in [-0.2, -0.15) is 0 Å². The van der Waals surface area contributed by atoms with Gasteiger partial charge >= 0.3 is 0 Å². The van der Waals surface area contributed by atoms with E-state index in [0.29, 0.717) is 0 Å². The summed E-state index contributed by atoms with van der Waals surface area (Å²) in [6.07, 6.45) is 2.99. The minimum Gasteiger partial charge on any atom is -0.345 e. The fraction of sp³-hybridized carbons (Fsp3) is 0.588. The minimum atomic E-state index is 0.00931. The second-order valence-electron chi connectivity index (χ2n) is 7.27. The van der Waals surface area contributed by atoms with E-state index in [9.17, 15) is 0 Å². The monoisotopic (exact) mass is 299 g/mol. The van der Waals surface area contributed by atoms with Crippen LogP contribution in [-0.4, -0.2) is 31.4 Å². The Morgan fingerprint density at radius 2 is 2.00 bits per heavy atom. The van der Waals surface area contributed by atoms with Crippen LogP contribution in [0, 0.1) is 13.8 Å². The molecule has 0 aromatic carbocycles. The average Bonchev–Trinajstić information content (AvgIpc) is 2.75. The highest BCUT2D eigenvalue weighted by molar-refractivity contribution is 5.22. The highest BCUT2D eigenvalue weighted by Crippen LogP contribution is 2.23. The normalized spacial score (nSPS) is 15.9. The van der Waals surface area contributed by atoms with Gasteiger partial charge in [0.25, 0.3) is 0 Å². The van der Waals surface area contributed by atoms with Gasteiger partial charge in [0, 0.05) is 48.1 Å². The van der Waals surface area contributed by atoms with Crippen molar-refractivity contribution >= 4 is 0 Å². The zero-order chi connectivity index (χ0) is 15.9.